The largest absolute Gasteiger partial charge is 0.443 e. The molecule has 2 N–H and O–H groups in total. The standard InChI is InChI=1S/C12H15N5O2/c1-12(19-10(14)18)3-6-17(7-4-12)11-15-5-2-9(8-13)16-11/h2,5H,3-4,6-7H2,1H3,(H2,14,18). The van der Waals surface area contributed by atoms with Crippen LogP contribution in [0.2, 0.25) is 0 Å². The van der Waals surface area contributed by atoms with Crippen molar-refractivity contribution in [1.82, 2.24) is 9.97 Å². The van der Waals surface area contributed by atoms with Gasteiger partial charge in [-0.15, -0.1) is 0 Å². The van der Waals surface area contributed by atoms with Crippen LogP contribution in [-0.4, -0.2) is 34.8 Å². The lowest BCUT2D eigenvalue weighted by Gasteiger charge is -2.38. The Labute approximate surface area is 111 Å². The molecule has 7 heteroatoms. The van der Waals surface area contributed by atoms with Crippen molar-refractivity contribution in [2.75, 3.05) is 18.0 Å². The molecule has 1 fully saturated rings. The number of ether oxygens (including phenoxy) is 1. The Morgan fingerprint density at radius 2 is 2.26 bits per heavy atom. The molecule has 0 spiro atoms. The van der Waals surface area contributed by atoms with Crippen molar-refractivity contribution in [3.05, 3.63) is 18.0 Å². The average Bonchev–Trinajstić information content (AvgIpc) is 2.38. The number of aromatic nitrogens is 2. The van der Waals surface area contributed by atoms with Gasteiger partial charge in [-0.2, -0.15) is 5.26 Å². The van der Waals surface area contributed by atoms with Gasteiger partial charge in [-0.25, -0.2) is 14.8 Å². The molecule has 0 saturated carbocycles. The minimum atomic E-state index is -0.751. The highest BCUT2D eigenvalue weighted by Crippen LogP contribution is 2.27. The van der Waals surface area contributed by atoms with Crippen molar-refractivity contribution in [2.45, 2.75) is 25.4 Å². The van der Waals surface area contributed by atoms with Crippen molar-refractivity contribution in [3.8, 4) is 6.07 Å². The Kier molecular flexibility index (Phi) is 3.51. The molecule has 0 radical (unpaired) electrons. The third kappa shape index (κ3) is 3.10. The molecule has 1 aliphatic rings. The molecule has 2 heterocycles. The molecule has 1 aliphatic heterocycles. The van der Waals surface area contributed by atoms with Gasteiger partial charge in [0.15, 0.2) is 0 Å². The number of hydrogen-bond donors (Lipinski definition) is 1. The van der Waals surface area contributed by atoms with Gasteiger partial charge in [0.1, 0.15) is 17.4 Å². The van der Waals surface area contributed by atoms with E-state index in [9.17, 15) is 4.79 Å². The molecule has 1 aromatic rings. The molecule has 1 aromatic heterocycles. The molecule has 1 amide bonds. The second-order valence-corrected chi connectivity index (χ2v) is 4.71. The number of amides is 1. The van der Waals surface area contributed by atoms with Crippen LogP contribution < -0.4 is 10.6 Å². The normalized spacial score (nSPS) is 17.6. The molecule has 7 nitrogen and oxygen atoms in total. The van der Waals surface area contributed by atoms with E-state index >= 15 is 0 Å². The first-order valence-corrected chi connectivity index (χ1v) is 5.99. The fraction of sp³-hybridized carbons (Fsp3) is 0.500. The van der Waals surface area contributed by atoms with Crippen molar-refractivity contribution in [2.24, 2.45) is 5.73 Å². The zero-order chi connectivity index (χ0) is 13.9. The Morgan fingerprint density at radius 1 is 1.58 bits per heavy atom. The average molecular weight is 261 g/mol. The van der Waals surface area contributed by atoms with E-state index in [-0.39, 0.29) is 0 Å². The van der Waals surface area contributed by atoms with Crippen LogP contribution in [0.15, 0.2) is 12.3 Å². The Bertz CT molecular complexity index is 517. The molecular weight excluding hydrogens is 246 g/mol. The van der Waals surface area contributed by atoms with Crippen LogP contribution in [-0.2, 0) is 4.74 Å². The fourth-order valence-corrected chi connectivity index (χ4v) is 2.09. The summed E-state index contributed by atoms with van der Waals surface area (Å²) in [5.41, 5.74) is 4.86. The smallest absolute Gasteiger partial charge is 0.405 e. The van der Waals surface area contributed by atoms with Gasteiger partial charge in [0.25, 0.3) is 0 Å². The zero-order valence-electron chi connectivity index (χ0n) is 10.7. The summed E-state index contributed by atoms with van der Waals surface area (Å²) < 4.78 is 5.13. The van der Waals surface area contributed by atoms with Crippen molar-refractivity contribution in [1.29, 1.82) is 5.26 Å². The van der Waals surface area contributed by atoms with E-state index in [1.54, 1.807) is 12.3 Å². The summed E-state index contributed by atoms with van der Waals surface area (Å²) in [5.74, 6) is 0.528. The lowest BCUT2D eigenvalue weighted by atomic mass is 9.93. The highest BCUT2D eigenvalue weighted by atomic mass is 16.6. The number of carbonyl (C=O) groups is 1. The van der Waals surface area contributed by atoms with E-state index in [1.165, 1.54) is 0 Å². The number of rotatable bonds is 2. The summed E-state index contributed by atoms with van der Waals surface area (Å²) in [6.45, 7) is 3.17. The maximum atomic E-state index is 10.8. The van der Waals surface area contributed by atoms with E-state index < -0.39 is 11.7 Å². The minimum absolute atomic E-state index is 0.340. The van der Waals surface area contributed by atoms with E-state index in [2.05, 4.69) is 9.97 Å². The Hall–Kier alpha value is -2.36. The fourth-order valence-electron chi connectivity index (χ4n) is 2.09. The van der Waals surface area contributed by atoms with Crippen LogP contribution in [0.3, 0.4) is 0 Å². The van der Waals surface area contributed by atoms with E-state index in [0.717, 1.165) is 0 Å². The topological polar surface area (TPSA) is 105 Å². The predicted molar refractivity (Wildman–Crippen MR) is 67.3 cm³/mol. The maximum absolute atomic E-state index is 10.8. The number of primary amides is 1. The van der Waals surface area contributed by atoms with Gasteiger partial charge in [-0.1, -0.05) is 0 Å². The van der Waals surface area contributed by atoms with Gasteiger partial charge < -0.3 is 15.4 Å². The van der Waals surface area contributed by atoms with Crippen molar-refractivity contribution >= 4 is 12.0 Å². The Morgan fingerprint density at radius 3 is 2.84 bits per heavy atom. The van der Waals surface area contributed by atoms with Gasteiger partial charge in [-0.05, 0) is 13.0 Å². The molecule has 0 bridgehead atoms. The zero-order valence-corrected chi connectivity index (χ0v) is 10.7. The first kappa shape index (κ1) is 13.1. The van der Waals surface area contributed by atoms with E-state index in [1.807, 2.05) is 17.9 Å². The van der Waals surface area contributed by atoms with Gasteiger partial charge in [0.05, 0.1) is 0 Å². The molecule has 19 heavy (non-hydrogen) atoms. The predicted octanol–water partition coefficient (Wildman–Crippen LogP) is 0.802. The van der Waals surface area contributed by atoms with Crippen molar-refractivity contribution < 1.29 is 9.53 Å². The van der Waals surface area contributed by atoms with Crippen molar-refractivity contribution in [3.63, 3.8) is 0 Å². The molecule has 0 atom stereocenters. The van der Waals surface area contributed by atoms with Crippen LogP contribution in [0.5, 0.6) is 0 Å². The lowest BCUT2D eigenvalue weighted by Crippen LogP contribution is -2.46. The molecule has 2 rings (SSSR count). The van der Waals surface area contributed by atoms with Gasteiger partial charge in [0, 0.05) is 32.1 Å². The minimum Gasteiger partial charge on any atom is -0.443 e. The van der Waals surface area contributed by atoms with Crippen LogP contribution >= 0.6 is 0 Å². The van der Waals surface area contributed by atoms with E-state index in [4.69, 9.17) is 15.7 Å². The molecule has 1 saturated heterocycles. The van der Waals surface area contributed by atoms with E-state index in [0.29, 0.717) is 37.6 Å². The summed E-state index contributed by atoms with van der Waals surface area (Å²) in [6.07, 6.45) is 2.11. The van der Waals surface area contributed by atoms with Crippen LogP contribution in [0, 0.1) is 11.3 Å². The maximum Gasteiger partial charge on any atom is 0.405 e. The molecular formula is C12H15N5O2. The van der Waals surface area contributed by atoms with Gasteiger partial charge >= 0.3 is 6.09 Å². The molecule has 0 aromatic carbocycles. The summed E-state index contributed by atoms with van der Waals surface area (Å²) >= 11 is 0. The van der Waals surface area contributed by atoms with Gasteiger partial charge in [0.2, 0.25) is 5.95 Å². The highest BCUT2D eigenvalue weighted by molar-refractivity contribution is 5.65. The van der Waals surface area contributed by atoms with Gasteiger partial charge in [-0.3, -0.25) is 0 Å². The summed E-state index contributed by atoms with van der Waals surface area (Å²) in [7, 11) is 0. The number of hydrogen-bond acceptors (Lipinski definition) is 6. The number of nitrogens with zero attached hydrogens (tertiary/aromatic N) is 4. The molecule has 100 valence electrons. The third-order valence-electron chi connectivity index (χ3n) is 3.21. The third-order valence-corrected chi connectivity index (χ3v) is 3.21. The summed E-state index contributed by atoms with van der Waals surface area (Å²) in [6, 6.07) is 3.55. The SMILES string of the molecule is CC1(OC(N)=O)CCN(c2nccc(C#N)n2)CC1. The monoisotopic (exact) mass is 261 g/mol. The second-order valence-electron chi connectivity index (χ2n) is 4.71. The number of carbonyl (C=O) groups excluding carboxylic acids is 1. The molecule has 0 unspecified atom stereocenters. The number of nitrogens with two attached hydrogens (primary N) is 1. The lowest BCUT2D eigenvalue weighted by molar-refractivity contribution is 0.0125. The Balaban J connectivity index is 2.03. The second kappa shape index (κ2) is 5.10. The molecule has 0 aliphatic carbocycles. The number of anilines is 1. The van der Waals surface area contributed by atoms with Crippen LogP contribution in [0.1, 0.15) is 25.5 Å². The summed E-state index contributed by atoms with van der Waals surface area (Å²) in [5, 5.41) is 8.81. The van der Waals surface area contributed by atoms with Crippen LogP contribution in [0.4, 0.5) is 10.7 Å². The number of nitriles is 1. The summed E-state index contributed by atoms with van der Waals surface area (Å²) in [4.78, 5) is 21.1. The highest BCUT2D eigenvalue weighted by Gasteiger charge is 2.33. The first-order chi connectivity index (χ1) is 9.02. The number of piperidine rings is 1. The van der Waals surface area contributed by atoms with Crippen LogP contribution in [0.25, 0.3) is 0 Å². The first-order valence-electron chi connectivity index (χ1n) is 5.99. The quantitative estimate of drug-likeness (QED) is 0.844.